The van der Waals surface area contributed by atoms with Crippen LogP contribution in [0.5, 0.6) is 0 Å². The number of halogens is 2. The van der Waals surface area contributed by atoms with E-state index < -0.39 is 0 Å². The predicted molar refractivity (Wildman–Crippen MR) is 102 cm³/mol. The zero-order chi connectivity index (χ0) is 16.2. The van der Waals surface area contributed by atoms with Crippen LogP contribution in [0.1, 0.15) is 12.5 Å². The molecule has 0 aromatic heterocycles. The summed E-state index contributed by atoms with van der Waals surface area (Å²) in [6, 6.07) is 16.3. The van der Waals surface area contributed by atoms with Crippen molar-refractivity contribution in [2.24, 2.45) is 5.10 Å². The Hall–Kier alpha value is -1.52. The van der Waals surface area contributed by atoms with Gasteiger partial charge in [-0.3, -0.25) is 5.01 Å². The van der Waals surface area contributed by atoms with Crippen LogP contribution >= 0.6 is 27.5 Å². The zero-order valence-electron chi connectivity index (χ0n) is 13.0. The summed E-state index contributed by atoms with van der Waals surface area (Å²) in [5, 5.41) is 7.70. The van der Waals surface area contributed by atoms with Gasteiger partial charge in [0.15, 0.2) is 0 Å². The molecule has 0 aliphatic carbocycles. The third kappa shape index (κ3) is 4.27. The Morgan fingerprint density at radius 1 is 0.957 bits per heavy atom. The van der Waals surface area contributed by atoms with Crippen molar-refractivity contribution in [2.45, 2.75) is 6.92 Å². The fraction of sp³-hybridized carbons (Fsp3) is 0.278. The molecule has 0 amide bonds. The Labute approximate surface area is 150 Å². The maximum absolute atomic E-state index is 5.95. The van der Waals surface area contributed by atoms with Crippen molar-refractivity contribution < 1.29 is 0 Å². The van der Waals surface area contributed by atoms with Crippen LogP contribution in [0.4, 0.5) is 5.69 Å². The van der Waals surface area contributed by atoms with Gasteiger partial charge in [0.2, 0.25) is 0 Å². The van der Waals surface area contributed by atoms with Gasteiger partial charge < -0.3 is 4.90 Å². The molecule has 0 unspecified atom stereocenters. The van der Waals surface area contributed by atoms with Crippen LogP contribution in [0.3, 0.4) is 0 Å². The Morgan fingerprint density at radius 2 is 1.57 bits per heavy atom. The van der Waals surface area contributed by atoms with Crippen molar-refractivity contribution in [2.75, 3.05) is 31.1 Å². The summed E-state index contributed by atoms with van der Waals surface area (Å²) in [5.41, 5.74) is 3.44. The first-order valence-corrected chi connectivity index (χ1v) is 8.85. The quantitative estimate of drug-likeness (QED) is 0.708. The fourth-order valence-corrected chi connectivity index (χ4v) is 3.06. The Bertz CT molecular complexity index is 674. The standard InChI is InChI=1S/C18H19BrClN3/c1-14(15-2-4-16(19)5-3-15)21-23-12-10-22(11-13-23)18-8-6-17(20)7-9-18/h2-9H,10-13H2,1H3/b21-14-. The fourth-order valence-electron chi connectivity index (χ4n) is 2.67. The van der Waals surface area contributed by atoms with Crippen LogP contribution < -0.4 is 4.90 Å². The lowest BCUT2D eigenvalue weighted by Gasteiger charge is -2.35. The SMILES string of the molecule is C/C(=N/N1CCN(c2ccc(Cl)cc2)CC1)c1ccc(Br)cc1. The molecule has 0 bridgehead atoms. The lowest BCUT2D eigenvalue weighted by atomic mass is 10.1. The van der Waals surface area contributed by atoms with E-state index >= 15 is 0 Å². The van der Waals surface area contributed by atoms with Gasteiger partial charge in [-0.25, -0.2) is 0 Å². The molecule has 0 N–H and O–H groups in total. The third-order valence-electron chi connectivity index (χ3n) is 4.00. The van der Waals surface area contributed by atoms with Gasteiger partial charge in [-0.2, -0.15) is 5.10 Å². The highest BCUT2D eigenvalue weighted by Gasteiger charge is 2.16. The van der Waals surface area contributed by atoms with Crippen molar-refractivity contribution in [3.8, 4) is 0 Å². The van der Waals surface area contributed by atoms with Crippen LogP contribution in [0.2, 0.25) is 5.02 Å². The lowest BCUT2D eigenvalue weighted by Crippen LogP contribution is -2.44. The van der Waals surface area contributed by atoms with Crippen molar-refractivity contribution in [3.63, 3.8) is 0 Å². The largest absolute Gasteiger partial charge is 0.368 e. The summed E-state index contributed by atoms with van der Waals surface area (Å²) < 4.78 is 1.09. The second-order valence-corrected chi connectivity index (χ2v) is 6.96. The highest BCUT2D eigenvalue weighted by Crippen LogP contribution is 2.19. The third-order valence-corrected chi connectivity index (χ3v) is 4.78. The summed E-state index contributed by atoms with van der Waals surface area (Å²) in [6.07, 6.45) is 0. The summed E-state index contributed by atoms with van der Waals surface area (Å²) >= 11 is 9.41. The van der Waals surface area contributed by atoms with E-state index in [9.17, 15) is 0 Å². The minimum atomic E-state index is 0.780. The van der Waals surface area contributed by atoms with Gasteiger partial charge in [0.25, 0.3) is 0 Å². The zero-order valence-corrected chi connectivity index (χ0v) is 15.4. The highest BCUT2D eigenvalue weighted by molar-refractivity contribution is 9.10. The number of nitrogens with zero attached hydrogens (tertiary/aromatic N) is 3. The number of piperazine rings is 1. The van der Waals surface area contributed by atoms with Crippen molar-refractivity contribution in [1.29, 1.82) is 0 Å². The molecule has 1 aliphatic rings. The van der Waals surface area contributed by atoms with Crippen LogP contribution in [0.25, 0.3) is 0 Å². The van der Waals surface area contributed by atoms with E-state index in [1.54, 1.807) is 0 Å². The molecular weight excluding hydrogens is 374 g/mol. The molecule has 2 aromatic rings. The van der Waals surface area contributed by atoms with Gasteiger partial charge in [0, 0.05) is 28.3 Å². The van der Waals surface area contributed by atoms with Crippen LogP contribution in [-0.2, 0) is 0 Å². The van der Waals surface area contributed by atoms with Gasteiger partial charge in [-0.15, -0.1) is 0 Å². The van der Waals surface area contributed by atoms with Gasteiger partial charge in [-0.05, 0) is 48.9 Å². The first-order valence-electron chi connectivity index (χ1n) is 7.68. The molecule has 2 aromatic carbocycles. The molecule has 0 atom stereocenters. The minimum Gasteiger partial charge on any atom is -0.368 e. The monoisotopic (exact) mass is 391 g/mol. The number of anilines is 1. The van der Waals surface area contributed by atoms with Gasteiger partial charge >= 0.3 is 0 Å². The van der Waals surface area contributed by atoms with Crippen molar-refractivity contribution in [1.82, 2.24) is 5.01 Å². The second-order valence-electron chi connectivity index (χ2n) is 5.61. The van der Waals surface area contributed by atoms with E-state index in [0.29, 0.717) is 0 Å². The first-order chi connectivity index (χ1) is 11.1. The molecule has 1 aliphatic heterocycles. The van der Waals surface area contributed by atoms with Crippen LogP contribution in [-0.4, -0.2) is 36.9 Å². The molecule has 3 rings (SSSR count). The van der Waals surface area contributed by atoms with E-state index in [-0.39, 0.29) is 0 Å². The summed E-state index contributed by atoms with van der Waals surface area (Å²) in [5.74, 6) is 0. The molecular formula is C18H19BrClN3. The summed E-state index contributed by atoms with van der Waals surface area (Å²) in [7, 11) is 0. The topological polar surface area (TPSA) is 18.8 Å². The summed E-state index contributed by atoms with van der Waals surface area (Å²) in [4.78, 5) is 2.37. The molecule has 120 valence electrons. The van der Waals surface area contributed by atoms with Gasteiger partial charge in [0.05, 0.1) is 18.8 Å². The number of hydrazone groups is 1. The molecule has 23 heavy (non-hydrogen) atoms. The molecule has 0 radical (unpaired) electrons. The van der Waals surface area contributed by atoms with Gasteiger partial charge in [-0.1, -0.05) is 39.7 Å². The van der Waals surface area contributed by atoms with E-state index in [1.807, 2.05) is 24.3 Å². The first kappa shape index (κ1) is 16.3. The Kier molecular flexibility index (Phi) is 5.23. The average Bonchev–Trinajstić information content (AvgIpc) is 2.57. The maximum Gasteiger partial charge on any atom is 0.0646 e. The number of hydrogen-bond acceptors (Lipinski definition) is 3. The number of hydrogen-bond donors (Lipinski definition) is 0. The van der Waals surface area contributed by atoms with E-state index in [0.717, 1.165) is 46.9 Å². The number of rotatable bonds is 3. The minimum absolute atomic E-state index is 0.780. The smallest absolute Gasteiger partial charge is 0.0646 e. The maximum atomic E-state index is 5.95. The Balaban J connectivity index is 1.61. The average molecular weight is 393 g/mol. The number of benzene rings is 2. The summed E-state index contributed by atoms with van der Waals surface area (Å²) in [6.45, 7) is 5.86. The van der Waals surface area contributed by atoms with Crippen molar-refractivity contribution >= 4 is 38.9 Å². The molecule has 3 nitrogen and oxygen atoms in total. The van der Waals surface area contributed by atoms with E-state index in [1.165, 1.54) is 5.69 Å². The second kappa shape index (κ2) is 7.37. The molecule has 0 spiro atoms. The normalized spacial score (nSPS) is 15.9. The molecule has 5 heteroatoms. The van der Waals surface area contributed by atoms with Crippen molar-refractivity contribution in [3.05, 3.63) is 63.6 Å². The van der Waals surface area contributed by atoms with Crippen LogP contribution in [0, 0.1) is 0 Å². The molecule has 0 saturated carbocycles. The van der Waals surface area contributed by atoms with E-state index in [2.05, 4.69) is 57.0 Å². The Morgan fingerprint density at radius 3 is 2.17 bits per heavy atom. The van der Waals surface area contributed by atoms with E-state index in [4.69, 9.17) is 16.7 Å². The van der Waals surface area contributed by atoms with Crippen LogP contribution in [0.15, 0.2) is 58.1 Å². The predicted octanol–water partition coefficient (Wildman–Crippen LogP) is 4.65. The molecule has 1 saturated heterocycles. The lowest BCUT2D eigenvalue weighted by molar-refractivity contribution is 0.270. The van der Waals surface area contributed by atoms with Gasteiger partial charge in [0.1, 0.15) is 0 Å². The molecule has 1 fully saturated rings. The highest BCUT2D eigenvalue weighted by atomic mass is 79.9. The molecule has 1 heterocycles.